The van der Waals surface area contributed by atoms with Gasteiger partial charge in [-0.05, 0) is 31.8 Å². The first-order valence-corrected chi connectivity index (χ1v) is 9.35. The summed E-state index contributed by atoms with van der Waals surface area (Å²) in [6.45, 7) is 2.19. The van der Waals surface area contributed by atoms with E-state index in [-0.39, 0.29) is 11.5 Å². The van der Waals surface area contributed by atoms with Gasteiger partial charge in [0.25, 0.3) is 0 Å². The summed E-state index contributed by atoms with van der Waals surface area (Å²) in [6, 6.07) is 0. The number of sulfonamides is 1. The molecule has 0 saturated carbocycles. The molecule has 1 aliphatic heterocycles. The number of nitrogens with one attached hydrogen (secondary N) is 2. The number of piperidine rings is 1. The lowest BCUT2D eigenvalue weighted by molar-refractivity contribution is 0.376. The monoisotopic (exact) mass is 284 g/mol. The van der Waals surface area contributed by atoms with Crippen LogP contribution in [-0.4, -0.2) is 54.2 Å². The number of rotatable bonds is 6. The average Bonchev–Trinajstić information content (AvgIpc) is 2.25. The predicted molar refractivity (Wildman–Crippen MR) is 67.1 cm³/mol. The maximum atomic E-state index is 11.5. The van der Waals surface area contributed by atoms with Crippen molar-refractivity contribution < 1.29 is 16.8 Å². The summed E-state index contributed by atoms with van der Waals surface area (Å²) in [7, 11) is -6.70. The standard InChI is InChI=1S/C9H20N2O4S2/c1-16(12,13)5-6-17(14,15)11-8-9-3-2-4-10-7-9/h9-11H,2-8H2,1H3. The minimum absolute atomic E-state index is 0.303. The topological polar surface area (TPSA) is 92.3 Å². The first kappa shape index (κ1) is 14.9. The summed E-state index contributed by atoms with van der Waals surface area (Å²) in [5.74, 6) is -0.381. The molecule has 1 saturated heterocycles. The lowest BCUT2D eigenvalue weighted by atomic mass is 10.0. The first-order valence-electron chi connectivity index (χ1n) is 5.64. The maximum absolute atomic E-state index is 11.5. The molecule has 6 nitrogen and oxygen atoms in total. The van der Waals surface area contributed by atoms with Crippen LogP contribution in [0.3, 0.4) is 0 Å². The average molecular weight is 284 g/mol. The Morgan fingerprint density at radius 1 is 1.24 bits per heavy atom. The van der Waals surface area contributed by atoms with Gasteiger partial charge in [0, 0.05) is 12.8 Å². The van der Waals surface area contributed by atoms with E-state index in [0.717, 1.165) is 32.2 Å². The number of sulfone groups is 1. The minimum atomic E-state index is -3.47. The van der Waals surface area contributed by atoms with Gasteiger partial charge in [0.05, 0.1) is 11.5 Å². The molecule has 1 aliphatic rings. The van der Waals surface area contributed by atoms with Gasteiger partial charge in [-0.3, -0.25) is 0 Å². The normalized spacial score (nSPS) is 22.5. The molecule has 8 heteroatoms. The zero-order chi connectivity index (χ0) is 12.9. The van der Waals surface area contributed by atoms with Crippen molar-refractivity contribution in [1.82, 2.24) is 10.0 Å². The quantitative estimate of drug-likeness (QED) is 0.649. The summed E-state index contributed by atoms with van der Waals surface area (Å²) in [5.41, 5.74) is 0. The molecule has 0 spiro atoms. The van der Waals surface area contributed by atoms with Gasteiger partial charge in [-0.15, -0.1) is 0 Å². The second-order valence-electron chi connectivity index (χ2n) is 4.51. The van der Waals surface area contributed by atoms with E-state index in [9.17, 15) is 16.8 Å². The van der Waals surface area contributed by atoms with Crippen molar-refractivity contribution in [2.24, 2.45) is 5.92 Å². The molecule has 0 aliphatic carbocycles. The zero-order valence-electron chi connectivity index (χ0n) is 9.98. The predicted octanol–water partition coefficient (Wildman–Crippen LogP) is -1.05. The van der Waals surface area contributed by atoms with E-state index in [1.165, 1.54) is 0 Å². The van der Waals surface area contributed by atoms with Crippen molar-refractivity contribution in [1.29, 1.82) is 0 Å². The van der Waals surface area contributed by atoms with Crippen molar-refractivity contribution in [3.63, 3.8) is 0 Å². The van der Waals surface area contributed by atoms with Gasteiger partial charge in [-0.25, -0.2) is 21.6 Å². The fourth-order valence-corrected chi connectivity index (χ4v) is 4.40. The van der Waals surface area contributed by atoms with Crippen molar-refractivity contribution in [2.45, 2.75) is 12.8 Å². The molecule has 102 valence electrons. The minimum Gasteiger partial charge on any atom is -0.316 e. The highest BCUT2D eigenvalue weighted by atomic mass is 32.2. The molecule has 0 bridgehead atoms. The Balaban J connectivity index is 2.33. The lowest BCUT2D eigenvalue weighted by Crippen LogP contribution is -2.39. The van der Waals surface area contributed by atoms with E-state index in [4.69, 9.17) is 0 Å². The molecule has 0 radical (unpaired) electrons. The number of hydrogen-bond donors (Lipinski definition) is 2. The lowest BCUT2D eigenvalue weighted by Gasteiger charge is -2.22. The van der Waals surface area contributed by atoms with Crippen LogP contribution >= 0.6 is 0 Å². The van der Waals surface area contributed by atoms with E-state index in [0.29, 0.717) is 12.5 Å². The molecular formula is C9H20N2O4S2. The molecule has 0 amide bonds. The second-order valence-corrected chi connectivity index (χ2v) is 8.70. The maximum Gasteiger partial charge on any atom is 0.212 e. The third-order valence-electron chi connectivity index (χ3n) is 2.71. The summed E-state index contributed by atoms with van der Waals surface area (Å²) < 4.78 is 47.3. The molecular weight excluding hydrogens is 264 g/mol. The van der Waals surface area contributed by atoms with Crippen LogP contribution in [0.2, 0.25) is 0 Å². The van der Waals surface area contributed by atoms with E-state index in [1.54, 1.807) is 0 Å². The van der Waals surface area contributed by atoms with Gasteiger partial charge in [0.15, 0.2) is 0 Å². The molecule has 1 atom stereocenters. The highest BCUT2D eigenvalue weighted by Gasteiger charge is 2.18. The van der Waals surface area contributed by atoms with E-state index >= 15 is 0 Å². The van der Waals surface area contributed by atoms with Crippen molar-refractivity contribution in [3.05, 3.63) is 0 Å². The molecule has 2 N–H and O–H groups in total. The van der Waals surface area contributed by atoms with Crippen molar-refractivity contribution in [2.75, 3.05) is 37.4 Å². The van der Waals surface area contributed by atoms with Gasteiger partial charge in [-0.2, -0.15) is 0 Å². The Morgan fingerprint density at radius 3 is 2.47 bits per heavy atom. The molecule has 0 aromatic rings. The summed E-state index contributed by atoms with van der Waals surface area (Å²) in [4.78, 5) is 0. The summed E-state index contributed by atoms with van der Waals surface area (Å²) in [6.07, 6.45) is 3.09. The van der Waals surface area contributed by atoms with Crippen LogP contribution in [0, 0.1) is 5.92 Å². The van der Waals surface area contributed by atoms with Crippen LogP contribution < -0.4 is 10.0 Å². The van der Waals surface area contributed by atoms with Crippen LogP contribution in [0.4, 0.5) is 0 Å². The first-order chi connectivity index (χ1) is 7.79. The molecule has 1 rings (SSSR count). The molecule has 17 heavy (non-hydrogen) atoms. The van der Waals surface area contributed by atoms with Crippen LogP contribution in [-0.2, 0) is 19.9 Å². The van der Waals surface area contributed by atoms with E-state index < -0.39 is 19.9 Å². The van der Waals surface area contributed by atoms with Gasteiger partial charge in [-0.1, -0.05) is 0 Å². The smallest absolute Gasteiger partial charge is 0.212 e. The Hall–Kier alpha value is -0.180. The van der Waals surface area contributed by atoms with E-state index in [2.05, 4.69) is 10.0 Å². The van der Waals surface area contributed by atoms with Crippen LogP contribution in [0.5, 0.6) is 0 Å². The zero-order valence-corrected chi connectivity index (χ0v) is 11.6. The Bertz CT molecular complexity index is 424. The van der Waals surface area contributed by atoms with E-state index in [1.807, 2.05) is 0 Å². The third kappa shape index (κ3) is 6.97. The summed E-state index contributed by atoms with van der Waals surface area (Å²) >= 11 is 0. The van der Waals surface area contributed by atoms with Crippen LogP contribution in [0.15, 0.2) is 0 Å². The van der Waals surface area contributed by atoms with Crippen LogP contribution in [0.1, 0.15) is 12.8 Å². The molecule has 1 fully saturated rings. The van der Waals surface area contributed by atoms with Crippen molar-refractivity contribution >= 4 is 19.9 Å². The van der Waals surface area contributed by atoms with Gasteiger partial charge in [0.2, 0.25) is 10.0 Å². The van der Waals surface area contributed by atoms with Gasteiger partial charge in [0.1, 0.15) is 9.84 Å². The highest BCUT2D eigenvalue weighted by Crippen LogP contribution is 2.08. The van der Waals surface area contributed by atoms with Crippen LogP contribution in [0.25, 0.3) is 0 Å². The third-order valence-corrected chi connectivity index (χ3v) is 5.27. The molecule has 0 aromatic carbocycles. The molecule has 0 aromatic heterocycles. The molecule has 1 heterocycles. The Kier molecular flexibility index (Phi) is 5.36. The highest BCUT2D eigenvalue weighted by molar-refractivity contribution is 7.93. The fraction of sp³-hybridized carbons (Fsp3) is 1.00. The second kappa shape index (κ2) is 6.12. The SMILES string of the molecule is CS(=O)(=O)CCS(=O)(=O)NCC1CCCNC1. The Labute approximate surface area is 103 Å². The summed E-state index contributed by atoms with van der Waals surface area (Å²) in [5, 5.41) is 3.20. The fourth-order valence-electron chi connectivity index (χ4n) is 1.68. The van der Waals surface area contributed by atoms with Gasteiger partial charge >= 0.3 is 0 Å². The number of hydrogen-bond acceptors (Lipinski definition) is 5. The largest absolute Gasteiger partial charge is 0.316 e. The van der Waals surface area contributed by atoms with Gasteiger partial charge < -0.3 is 5.32 Å². The molecule has 1 unspecified atom stereocenters. The Morgan fingerprint density at radius 2 is 1.94 bits per heavy atom. The van der Waals surface area contributed by atoms with Crippen molar-refractivity contribution in [3.8, 4) is 0 Å².